The van der Waals surface area contributed by atoms with Crippen LogP contribution in [-0.4, -0.2) is 31.1 Å². The average molecular weight is 282 g/mol. The second-order valence-electron chi connectivity index (χ2n) is 5.57. The molecule has 0 spiro atoms. The van der Waals surface area contributed by atoms with E-state index in [1.54, 1.807) is 7.11 Å². The maximum absolute atomic E-state index is 5.60. The van der Waals surface area contributed by atoms with Crippen LogP contribution >= 0.6 is 12.4 Å². The van der Waals surface area contributed by atoms with Crippen LogP contribution in [0.5, 0.6) is 5.75 Å². The summed E-state index contributed by atoms with van der Waals surface area (Å²) in [7, 11) is 1.80. The highest BCUT2D eigenvalue weighted by atomic mass is 35.5. The normalized spacial score (nSPS) is 25.4. The van der Waals surface area contributed by atoms with Crippen LogP contribution in [0.25, 0.3) is 0 Å². The number of likely N-dealkylation sites (tertiary alicyclic amines) is 1. The third kappa shape index (κ3) is 2.48. The molecule has 0 N–H and O–H groups in total. The van der Waals surface area contributed by atoms with Crippen LogP contribution in [0.15, 0.2) is 18.2 Å². The van der Waals surface area contributed by atoms with Gasteiger partial charge in [-0.3, -0.25) is 4.90 Å². The van der Waals surface area contributed by atoms with Crippen molar-refractivity contribution >= 4 is 12.4 Å². The van der Waals surface area contributed by atoms with Crippen LogP contribution in [0.1, 0.15) is 43.2 Å². The summed E-state index contributed by atoms with van der Waals surface area (Å²) >= 11 is 0. The lowest BCUT2D eigenvalue weighted by Crippen LogP contribution is -2.35. The first kappa shape index (κ1) is 14.7. The van der Waals surface area contributed by atoms with Crippen molar-refractivity contribution in [1.29, 1.82) is 0 Å². The molecule has 1 aliphatic heterocycles. The molecular formula is C16H24ClNO. The van der Waals surface area contributed by atoms with Gasteiger partial charge in [-0.1, -0.05) is 19.1 Å². The van der Waals surface area contributed by atoms with Crippen molar-refractivity contribution in [3.05, 3.63) is 29.3 Å². The van der Waals surface area contributed by atoms with Crippen LogP contribution in [-0.2, 0) is 6.42 Å². The van der Waals surface area contributed by atoms with Gasteiger partial charge < -0.3 is 4.74 Å². The molecule has 0 radical (unpaired) electrons. The molecule has 1 aromatic carbocycles. The predicted molar refractivity (Wildman–Crippen MR) is 81.6 cm³/mol. The third-order valence-electron chi connectivity index (χ3n) is 4.63. The Morgan fingerprint density at radius 1 is 1.32 bits per heavy atom. The van der Waals surface area contributed by atoms with E-state index < -0.39 is 0 Å². The Kier molecular flexibility index (Phi) is 4.75. The summed E-state index contributed by atoms with van der Waals surface area (Å²) in [6, 6.07) is 7.31. The number of halogens is 1. The number of benzene rings is 1. The fourth-order valence-corrected chi connectivity index (χ4v) is 3.91. The second kappa shape index (κ2) is 6.15. The molecule has 2 aliphatic rings. The minimum absolute atomic E-state index is 0. The number of nitrogens with zero attached hydrogens (tertiary/aromatic N) is 1. The van der Waals surface area contributed by atoms with Gasteiger partial charge in [-0.15, -0.1) is 12.4 Å². The van der Waals surface area contributed by atoms with E-state index in [4.69, 9.17) is 4.74 Å². The Hall–Kier alpha value is -0.730. The van der Waals surface area contributed by atoms with E-state index in [0.29, 0.717) is 5.92 Å². The molecule has 0 bridgehead atoms. The molecule has 0 unspecified atom stereocenters. The van der Waals surface area contributed by atoms with Crippen molar-refractivity contribution < 1.29 is 4.74 Å². The van der Waals surface area contributed by atoms with Gasteiger partial charge in [-0.05, 0) is 50.4 Å². The number of hydrogen-bond acceptors (Lipinski definition) is 2. The quantitative estimate of drug-likeness (QED) is 0.839. The van der Waals surface area contributed by atoms with E-state index in [1.807, 2.05) is 0 Å². The Labute approximate surface area is 122 Å². The Morgan fingerprint density at radius 2 is 2.16 bits per heavy atom. The van der Waals surface area contributed by atoms with E-state index in [-0.39, 0.29) is 12.4 Å². The summed E-state index contributed by atoms with van der Waals surface area (Å²) < 4.78 is 5.60. The van der Waals surface area contributed by atoms with Gasteiger partial charge in [0.1, 0.15) is 5.75 Å². The molecule has 1 aromatic rings. The minimum atomic E-state index is 0. The Balaban J connectivity index is 0.00000133. The lowest BCUT2D eigenvalue weighted by molar-refractivity contribution is 0.225. The largest absolute Gasteiger partial charge is 0.496 e. The lowest BCUT2D eigenvalue weighted by Gasteiger charge is -2.34. The van der Waals surface area contributed by atoms with Crippen molar-refractivity contribution in [2.75, 3.05) is 20.2 Å². The molecule has 1 fully saturated rings. The fraction of sp³-hybridized carbons (Fsp3) is 0.625. The zero-order valence-electron chi connectivity index (χ0n) is 11.9. The van der Waals surface area contributed by atoms with Crippen molar-refractivity contribution in [2.24, 2.45) is 0 Å². The first-order valence-electron chi connectivity index (χ1n) is 7.25. The van der Waals surface area contributed by atoms with Crippen LogP contribution in [0.4, 0.5) is 0 Å². The van der Waals surface area contributed by atoms with Crippen molar-refractivity contribution in [3.63, 3.8) is 0 Å². The van der Waals surface area contributed by atoms with E-state index in [9.17, 15) is 0 Å². The van der Waals surface area contributed by atoms with Crippen molar-refractivity contribution in [2.45, 2.75) is 44.6 Å². The van der Waals surface area contributed by atoms with Gasteiger partial charge in [0.15, 0.2) is 0 Å². The van der Waals surface area contributed by atoms with Gasteiger partial charge >= 0.3 is 0 Å². The average Bonchev–Trinajstić information content (AvgIpc) is 2.82. The Bertz CT molecular complexity index is 421. The van der Waals surface area contributed by atoms with E-state index in [2.05, 4.69) is 30.0 Å². The maximum Gasteiger partial charge on any atom is 0.122 e. The topological polar surface area (TPSA) is 12.5 Å². The molecule has 3 heteroatoms. The SMILES string of the molecule is CCCN1CC[C@@H]2c3c(cccc3OC)CC[C@@H]21.Cl. The molecular weight excluding hydrogens is 258 g/mol. The molecule has 2 atom stereocenters. The van der Waals surface area contributed by atoms with E-state index >= 15 is 0 Å². The maximum atomic E-state index is 5.60. The Morgan fingerprint density at radius 3 is 2.89 bits per heavy atom. The fourth-order valence-electron chi connectivity index (χ4n) is 3.91. The number of hydrogen-bond donors (Lipinski definition) is 0. The summed E-state index contributed by atoms with van der Waals surface area (Å²) in [5, 5.41) is 0. The summed E-state index contributed by atoms with van der Waals surface area (Å²) in [6.07, 6.45) is 5.11. The van der Waals surface area contributed by atoms with Crippen LogP contribution in [0.3, 0.4) is 0 Å². The van der Waals surface area contributed by atoms with Gasteiger partial charge in [-0.2, -0.15) is 0 Å². The highest BCUT2D eigenvalue weighted by Crippen LogP contribution is 2.45. The number of fused-ring (bicyclic) bond motifs is 3. The number of ether oxygens (including phenoxy) is 1. The smallest absolute Gasteiger partial charge is 0.122 e. The molecule has 1 aliphatic carbocycles. The summed E-state index contributed by atoms with van der Waals surface area (Å²) in [5.41, 5.74) is 3.03. The highest BCUT2D eigenvalue weighted by Gasteiger charge is 2.39. The van der Waals surface area contributed by atoms with Crippen molar-refractivity contribution in [3.8, 4) is 5.75 Å². The lowest BCUT2D eigenvalue weighted by atomic mass is 9.79. The van der Waals surface area contributed by atoms with Gasteiger partial charge in [0, 0.05) is 17.5 Å². The summed E-state index contributed by atoms with van der Waals surface area (Å²) in [4.78, 5) is 2.69. The zero-order valence-corrected chi connectivity index (χ0v) is 12.7. The molecule has 19 heavy (non-hydrogen) atoms. The number of methoxy groups -OCH3 is 1. The van der Waals surface area contributed by atoms with Gasteiger partial charge in [0.05, 0.1) is 7.11 Å². The van der Waals surface area contributed by atoms with E-state index in [0.717, 1.165) is 11.8 Å². The first-order chi connectivity index (χ1) is 8.85. The van der Waals surface area contributed by atoms with E-state index in [1.165, 1.54) is 49.9 Å². The number of aryl methyl sites for hydroxylation is 1. The van der Waals surface area contributed by atoms with Gasteiger partial charge in [0.2, 0.25) is 0 Å². The first-order valence-corrected chi connectivity index (χ1v) is 7.25. The standard InChI is InChI=1S/C16H23NO.ClH/c1-3-10-17-11-9-13-14(17)8-7-12-5-4-6-15(18-2)16(12)13;/h4-6,13-14H,3,7-11H2,1-2H3;1H/t13-,14-;/m0./s1. The van der Waals surface area contributed by atoms with Crippen LogP contribution < -0.4 is 4.74 Å². The molecule has 0 saturated carbocycles. The highest BCUT2D eigenvalue weighted by molar-refractivity contribution is 5.85. The third-order valence-corrected chi connectivity index (χ3v) is 4.63. The monoisotopic (exact) mass is 281 g/mol. The minimum Gasteiger partial charge on any atom is -0.496 e. The second-order valence-corrected chi connectivity index (χ2v) is 5.57. The van der Waals surface area contributed by atoms with Crippen LogP contribution in [0, 0.1) is 0 Å². The zero-order chi connectivity index (χ0) is 12.5. The van der Waals surface area contributed by atoms with Gasteiger partial charge in [-0.25, -0.2) is 0 Å². The molecule has 1 saturated heterocycles. The molecule has 3 rings (SSSR count). The molecule has 0 amide bonds. The molecule has 106 valence electrons. The van der Waals surface area contributed by atoms with Crippen molar-refractivity contribution in [1.82, 2.24) is 4.90 Å². The molecule has 2 nitrogen and oxygen atoms in total. The van der Waals surface area contributed by atoms with Gasteiger partial charge in [0.25, 0.3) is 0 Å². The molecule has 1 heterocycles. The molecule has 0 aromatic heterocycles. The summed E-state index contributed by atoms with van der Waals surface area (Å²) in [6.45, 7) is 4.80. The number of rotatable bonds is 3. The summed E-state index contributed by atoms with van der Waals surface area (Å²) in [5.74, 6) is 1.82. The predicted octanol–water partition coefficient (Wildman–Crippen LogP) is 3.63. The van der Waals surface area contributed by atoms with Crippen LogP contribution in [0.2, 0.25) is 0 Å².